The molecule has 0 aliphatic carbocycles. The summed E-state index contributed by atoms with van der Waals surface area (Å²) >= 11 is 0. The Morgan fingerprint density at radius 3 is 2.62 bits per heavy atom. The van der Waals surface area contributed by atoms with E-state index in [1.54, 1.807) is 31.1 Å². The topological polar surface area (TPSA) is 64.0 Å². The fourth-order valence-corrected chi connectivity index (χ4v) is 3.11. The monoisotopic (exact) mass is 321 g/mol. The second-order valence-corrected chi connectivity index (χ2v) is 6.01. The third-order valence-corrected chi connectivity index (χ3v) is 4.47. The second-order valence-electron chi connectivity index (χ2n) is 6.01. The first kappa shape index (κ1) is 14.8. The molecule has 3 aromatic heterocycles. The quantitative estimate of drug-likeness (QED) is 0.736. The van der Waals surface area contributed by atoms with Gasteiger partial charge < -0.3 is 9.64 Å². The van der Waals surface area contributed by atoms with Gasteiger partial charge in [-0.25, -0.2) is 9.97 Å². The number of nitrogens with zero attached hydrogens (tertiary/aromatic N) is 5. The smallest absolute Gasteiger partial charge is 0.139 e. The first-order valence-corrected chi connectivity index (χ1v) is 8.22. The van der Waals surface area contributed by atoms with Crippen LogP contribution in [-0.4, -0.2) is 39.6 Å². The van der Waals surface area contributed by atoms with Crippen molar-refractivity contribution >= 4 is 16.7 Å². The summed E-state index contributed by atoms with van der Waals surface area (Å²) in [6.07, 6.45) is 10.9. The van der Waals surface area contributed by atoms with Crippen molar-refractivity contribution in [2.24, 2.45) is 5.92 Å². The zero-order valence-electron chi connectivity index (χ0n) is 13.4. The van der Waals surface area contributed by atoms with Gasteiger partial charge in [-0.05, 0) is 37.0 Å². The maximum atomic E-state index is 5.86. The molecule has 6 nitrogen and oxygen atoms in total. The van der Waals surface area contributed by atoms with E-state index in [9.17, 15) is 0 Å². The Bertz CT molecular complexity index is 797. The van der Waals surface area contributed by atoms with Crippen molar-refractivity contribution in [2.45, 2.75) is 12.8 Å². The minimum absolute atomic E-state index is 0.573. The molecule has 24 heavy (non-hydrogen) atoms. The lowest BCUT2D eigenvalue weighted by Gasteiger charge is -2.33. The van der Waals surface area contributed by atoms with Gasteiger partial charge in [0, 0.05) is 37.1 Å². The molecule has 1 aliphatic heterocycles. The van der Waals surface area contributed by atoms with Crippen molar-refractivity contribution in [1.82, 2.24) is 19.9 Å². The molecule has 0 radical (unpaired) electrons. The molecule has 4 rings (SSSR count). The van der Waals surface area contributed by atoms with Crippen molar-refractivity contribution in [3.05, 3.63) is 49.3 Å². The highest BCUT2D eigenvalue weighted by Crippen LogP contribution is 2.27. The molecule has 0 atom stereocenters. The minimum Gasteiger partial charge on any atom is -0.493 e. The van der Waals surface area contributed by atoms with E-state index in [2.05, 4.69) is 24.8 Å². The number of hydrogen-bond donors (Lipinski definition) is 0. The summed E-state index contributed by atoms with van der Waals surface area (Å²) in [5.41, 5.74) is 0.894. The van der Waals surface area contributed by atoms with Gasteiger partial charge in [-0.3, -0.25) is 9.97 Å². The standard InChI is InChI=1S/C18H19N5O/c1-6-19-7-2-15(1)24-12-14-4-9-23(10-5-14)18-16-3-8-20-11-17(16)21-13-22-18/h1-3,6-8,11,13-14H,4-5,9-10,12H2. The molecule has 0 N–H and O–H groups in total. The van der Waals surface area contributed by atoms with Gasteiger partial charge in [-0.15, -0.1) is 0 Å². The van der Waals surface area contributed by atoms with Crippen LogP contribution >= 0.6 is 0 Å². The Morgan fingerprint density at radius 2 is 1.79 bits per heavy atom. The lowest BCUT2D eigenvalue weighted by molar-refractivity contribution is 0.222. The number of ether oxygens (including phenoxy) is 1. The third kappa shape index (κ3) is 3.13. The molecule has 0 aromatic carbocycles. The molecule has 3 aromatic rings. The number of pyridine rings is 2. The van der Waals surface area contributed by atoms with Crippen LogP contribution < -0.4 is 9.64 Å². The molecular weight excluding hydrogens is 302 g/mol. The minimum atomic E-state index is 0.573. The molecule has 6 heteroatoms. The van der Waals surface area contributed by atoms with Crippen molar-refractivity contribution in [2.75, 3.05) is 24.6 Å². The van der Waals surface area contributed by atoms with Gasteiger partial charge >= 0.3 is 0 Å². The third-order valence-electron chi connectivity index (χ3n) is 4.47. The molecule has 0 saturated carbocycles. The number of anilines is 1. The number of rotatable bonds is 4. The van der Waals surface area contributed by atoms with E-state index in [0.717, 1.165) is 55.0 Å². The van der Waals surface area contributed by atoms with Gasteiger partial charge in [0.25, 0.3) is 0 Å². The van der Waals surface area contributed by atoms with Crippen molar-refractivity contribution in [3.8, 4) is 5.75 Å². The maximum absolute atomic E-state index is 5.86. The molecule has 0 amide bonds. The number of fused-ring (bicyclic) bond motifs is 1. The van der Waals surface area contributed by atoms with Crippen LogP contribution in [0.1, 0.15) is 12.8 Å². The van der Waals surface area contributed by atoms with Gasteiger partial charge in [0.1, 0.15) is 17.9 Å². The Morgan fingerprint density at radius 1 is 1.00 bits per heavy atom. The molecule has 0 unspecified atom stereocenters. The fourth-order valence-electron chi connectivity index (χ4n) is 3.11. The van der Waals surface area contributed by atoms with Crippen molar-refractivity contribution < 1.29 is 4.74 Å². The molecule has 0 spiro atoms. The van der Waals surface area contributed by atoms with Crippen molar-refractivity contribution in [1.29, 1.82) is 0 Å². The van der Waals surface area contributed by atoms with E-state index in [-0.39, 0.29) is 0 Å². The van der Waals surface area contributed by atoms with Crippen LogP contribution in [0.5, 0.6) is 5.75 Å². The van der Waals surface area contributed by atoms with Crippen LogP contribution in [0.2, 0.25) is 0 Å². The molecule has 0 bridgehead atoms. The highest BCUT2D eigenvalue weighted by Gasteiger charge is 2.22. The van der Waals surface area contributed by atoms with E-state index >= 15 is 0 Å². The molecule has 1 saturated heterocycles. The van der Waals surface area contributed by atoms with Crippen LogP contribution in [0.15, 0.2) is 49.3 Å². The SMILES string of the molecule is c1cc(OCC2CCN(c3ncnc4cnccc34)CC2)ccn1. The van der Waals surface area contributed by atoms with Gasteiger partial charge in [0.15, 0.2) is 0 Å². The normalized spacial score (nSPS) is 15.6. The van der Waals surface area contributed by atoms with E-state index in [0.29, 0.717) is 5.92 Å². The first-order chi connectivity index (χ1) is 11.9. The molecule has 1 aliphatic rings. The summed E-state index contributed by atoms with van der Waals surface area (Å²) < 4.78 is 5.86. The molecular formula is C18H19N5O. The highest BCUT2D eigenvalue weighted by atomic mass is 16.5. The average molecular weight is 321 g/mol. The van der Waals surface area contributed by atoms with Crippen LogP contribution in [0, 0.1) is 5.92 Å². The van der Waals surface area contributed by atoms with E-state index in [1.807, 2.05) is 18.2 Å². The average Bonchev–Trinajstić information content (AvgIpc) is 2.67. The van der Waals surface area contributed by atoms with E-state index in [1.165, 1.54) is 0 Å². The number of piperidine rings is 1. The van der Waals surface area contributed by atoms with Crippen LogP contribution in [0.3, 0.4) is 0 Å². The van der Waals surface area contributed by atoms with Crippen molar-refractivity contribution in [3.63, 3.8) is 0 Å². The fraction of sp³-hybridized carbons (Fsp3) is 0.333. The largest absolute Gasteiger partial charge is 0.493 e. The molecule has 4 heterocycles. The van der Waals surface area contributed by atoms with Crippen LogP contribution in [0.25, 0.3) is 10.9 Å². The first-order valence-electron chi connectivity index (χ1n) is 8.22. The highest BCUT2D eigenvalue weighted by molar-refractivity contribution is 5.88. The van der Waals surface area contributed by atoms with Gasteiger partial charge in [-0.1, -0.05) is 0 Å². The zero-order chi connectivity index (χ0) is 16.2. The summed E-state index contributed by atoms with van der Waals surface area (Å²) in [5, 5.41) is 1.07. The van der Waals surface area contributed by atoms with E-state index < -0.39 is 0 Å². The summed E-state index contributed by atoms with van der Waals surface area (Å²) in [6, 6.07) is 5.79. The second kappa shape index (κ2) is 6.78. The number of hydrogen-bond acceptors (Lipinski definition) is 6. The lowest BCUT2D eigenvalue weighted by Crippen LogP contribution is -2.36. The Balaban J connectivity index is 1.39. The zero-order valence-corrected chi connectivity index (χ0v) is 13.4. The summed E-state index contributed by atoms with van der Waals surface area (Å²) in [5.74, 6) is 2.47. The van der Waals surface area contributed by atoms with E-state index in [4.69, 9.17) is 4.74 Å². The predicted octanol–water partition coefficient (Wildman–Crippen LogP) is 2.72. The Labute approximate surface area is 140 Å². The van der Waals surface area contributed by atoms with Gasteiger partial charge in [-0.2, -0.15) is 0 Å². The summed E-state index contributed by atoms with van der Waals surface area (Å²) in [7, 11) is 0. The molecule has 1 fully saturated rings. The summed E-state index contributed by atoms with van der Waals surface area (Å²) in [4.78, 5) is 19.3. The Hall–Kier alpha value is -2.76. The van der Waals surface area contributed by atoms with Crippen LogP contribution in [-0.2, 0) is 0 Å². The maximum Gasteiger partial charge on any atom is 0.139 e. The summed E-state index contributed by atoms with van der Waals surface area (Å²) in [6.45, 7) is 2.73. The van der Waals surface area contributed by atoms with Crippen LogP contribution in [0.4, 0.5) is 5.82 Å². The predicted molar refractivity (Wildman–Crippen MR) is 92.0 cm³/mol. The molecule has 122 valence electrons. The Kier molecular flexibility index (Phi) is 4.18. The lowest BCUT2D eigenvalue weighted by atomic mass is 9.97. The van der Waals surface area contributed by atoms with Gasteiger partial charge in [0.2, 0.25) is 0 Å². The number of aromatic nitrogens is 4. The van der Waals surface area contributed by atoms with Gasteiger partial charge in [0.05, 0.1) is 18.3 Å².